The SMILES string of the molecule is COc1ccccc1N[C@@H](C)C(=O)Nc1ccc(OC)c(OC)c1. The van der Waals surface area contributed by atoms with Gasteiger partial charge in [-0.1, -0.05) is 12.1 Å². The summed E-state index contributed by atoms with van der Waals surface area (Å²) in [7, 11) is 4.71. The molecule has 128 valence electrons. The van der Waals surface area contributed by atoms with Crippen LogP contribution in [0.5, 0.6) is 17.2 Å². The Hall–Kier alpha value is -2.89. The van der Waals surface area contributed by atoms with Crippen molar-refractivity contribution < 1.29 is 19.0 Å². The molecule has 6 nitrogen and oxygen atoms in total. The molecular formula is C18H22N2O4. The summed E-state index contributed by atoms with van der Waals surface area (Å²) in [6, 6.07) is 12.2. The fourth-order valence-corrected chi connectivity index (χ4v) is 2.23. The molecule has 0 bridgehead atoms. The van der Waals surface area contributed by atoms with Crippen molar-refractivity contribution in [2.24, 2.45) is 0 Å². The Morgan fingerprint density at radius 3 is 2.25 bits per heavy atom. The molecule has 24 heavy (non-hydrogen) atoms. The number of carbonyl (C=O) groups excluding carboxylic acids is 1. The zero-order chi connectivity index (χ0) is 17.5. The van der Waals surface area contributed by atoms with Crippen molar-refractivity contribution in [3.05, 3.63) is 42.5 Å². The average molecular weight is 330 g/mol. The minimum absolute atomic E-state index is 0.173. The molecule has 0 unspecified atom stereocenters. The third kappa shape index (κ3) is 4.10. The van der Waals surface area contributed by atoms with Crippen LogP contribution in [0.25, 0.3) is 0 Å². The van der Waals surface area contributed by atoms with E-state index in [0.717, 1.165) is 5.69 Å². The van der Waals surface area contributed by atoms with E-state index >= 15 is 0 Å². The molecule has 2 aromatic carbocycles. The second-order valence-electron chi connectivity index (χ2n) is 5.13. The molecule has 1 atom stereocenters. The van der Waals surface area contributed by atoms with Crippen LogP contribution in [-0.4, -0.2) is 33.3 Å². The molecule has 0 saturated carbocycles. The highest BCUT2D eigenvalue weighted by Gasteiger charge is 2.15. The molecule has 0 heterocycles. The topological polar surface area (TPSA) is 68.8 Å². The normalized spacial score (nSPS) is 11.3. The summed E-state index contributed by atoms with van der Waals surface area (Å²) < 4.78 is 15.7. The van der Waals surface area contributed by atoms with Gasteiger partial charge in [0, 0.05) is 11.8 Å². The van der Waals surface area contributed by atoms with Gasteiger partial charge in [0.05, 0.1) is 27.0 Å². The lowest BCUT2D eigenvalue weighted by Crippen LogP contribution is -2.32. The largest absolute Gasteiger partial charge is 0.495 e. The predicted octanol–water partition coefficient (Wildman–Crippen LogP) is 3.15. The van der Waals surface area contributed by atoms with Gasteiger partial charge in [-0.2, -0.15) is 0 Å². The minimum atomic E-state index is -0.450. The monoisotopic (exact) mass is 330 g/mol. The highest BCUT2D eigenvalue weighted by molar-refractivity contribution is 5.96. The number of hydrogen-bond acceptors (Lipinski definition) is 5. The minimum Gasteiger partial charge on any atom is -0.495 e. The Morgan fingerprint density at radius 1 is 0.917 bits per heavy atom. The number of ether oxygens (including phenoxy) is 3. The molecule has 0 aliphatic heterocycles. The van der Waals surface area contributed by atoms with Crippen molar-refractivity contribution >= 4 is 17.3 Å². The second-order valence-corrected chi connectivity index (χ2v) is 5.13. The molecular weight excluding hydrogens is 308 g/mol. The maximum Gasteiger partial charge on any atom is 0.246 e. The molecule has 0 aliphatic rings. The average Bonchev–Trinajstić information content (AvgIpc) is 2.61. The third-order valence-electron chi connectivity index (χ3n) is 3.52. The number of hydrogen-bond donors (Lipinski definition) is 2. The van der Waals surface area contributed by atoms with E-state index in [0.29, 0.717) is 22.9 Å². The van der Waals surface area contributed by atoms with Crippen molar-refractivity contribution in [2.75, 3.05) is 32.0 Å². The number of amides is 1. The van der Waals surface area contributed by atoms with Gasteiger partial charge < -0.3 is 24.8 Å². The summed E-state index contributed by atoms with van der Waals surface area (Å²) in [4.78, 5) is 12.4. The molecule has 2 N–H and O–H groups in total. The van der Waals surface area contributed by atoms with Crippen LogP contribution in [0.3, 0.4) is 0 Å². The zero-order valence-electron chi connectivity index (χ0n) is 14.3. The Bertz CT molecular complexity index is 703. The van der Waals surface area contributed by atoms with E-state index in [1.807, 2.05) is 24.3 Å². The zero-order valence-corrected chi connectivity index (χ0v) is 14.3. The first-order chi connectivity index (χ1) is 11.6. The second kappa shape index (κ2) is 8.10. The summed E-state index contributed by atoms with van der Waals surface area (Å²) in [5, 5.41) is 5.99. The van der Waals surface area contributed by atoms with Crippen molar-refractivity contribution in [3.8, 4) is 17.2 Å². The summed E-state index contributed by atoms with van der Waals surface area (Å²) in [6.45, 7) is 1.78. The van der Waals surface area contributed by atoms with Gasteiger partial charge in [-0.25, -0.2) is 0 Å². The molecule has 0 radical (unpaired) electrons. The summed E-state index contributed by atoms with van der Waals surface area (Å²) in [5.41, 5.74) is 1.39. The van der Waals surface area contributed by atoms with E-state index in [1.54, 1.807) is 46.5 Å². The van der Waals surface area contributed by atoms with Crippen LogP contribution in [0.2, 0.25) is 0 Å². The number of carbonyl (C=O) groups is 1. The van der Waals surface area contributed by atoms with E-state index in [4.69, 9.17) is 14.2 Å². The number of nitrogens with one attached hydrogen (secondary N) is 2. The lowest BCUT2D eigenvalue weighted by molar-refractivity contribution is -0.116. The van der Waals surface area contributed by atoms with Gasteiger partial charge in [-0.3, -0.25) is 4.79 Å². The number of para-hydroxylation sites is 2. The van der Waals surface area contributed by atoms with E-state index in [2.05, 4.69) is 10.6 Å². The number of anilines is 2. The first kappa shape index (κ1) is 17.5. The first-order valence-electron chi connectivity index (χ1n) is 7.51. The quantitative estimate of drug-likeness (QED) is 0.816. The van der Waals surface area contributed by atoms with E-state index in [-0.39, 0.29) is 5.91 Å². The fourth-order valence-electron chi connectivity index (χ4n) is 2.23. The number of rotatable bonds is 7. The van der Waals surface area contributed by atoms with Crippen LogP contribution in [-0.2, 0) is 4.79 Å². The Kier molecular flexibility index (Phi) is 5.89. The Labute approximate surface area is 141 Å². The van der Waals surface area contributed by atoms with E-state index in [1.165, 1.54) is 0 Å². The van der Waals surface area contributed by atoms with Gasteiger partial charge in [0.15, 0.2) is 11.5 Å². The van der Waals surface area contributed by atoms with Gasteiger partial charge in [0.2, 0.25) is 5.91 Å². The van der Waals surface area contributed by atoms with Crippen LogP contribution < -0.4 is 24.8 Å². The van der Waals surface area contributed by atoms with E-state index in [9.17, 15) is 4.79 Å². The molecule has 2 aromatic rings. The lowest BCUT2D eigenvalue weighted by atomic mass is 10.2. The Morgan fingerprint density at radius 2 is 1.58 bits per heavy atom. The van der Waals surface area contributed by atoms with Gasteiger partial charge >= 0.3 is 0 Å². The standard InChI is InChI=1S/C18H22N2O4/c1-12(19-14-7-5-6-8-15(14)22-2)18(21)20-13-9-10-16(23-3)17(11-13)24-4/h5-12,19H,1-4H3,(H,20,21)/t12-/m0/s1. The van der Waals surface area contributed by atoms with Gasteiger partial charge in [-0.15, -0.1) is 0 Å². The van der Waals surface area contributed by atoms with Crippen molar-refractivity contribution in [1.82, 2.24) is 0 Å². The van der Waals surface area contributed by atoms with Crippen molar-refractivity contribution in [1.29, 1.82) is 0 Å². The predicted molar refractivity (Wildman–Crippen MR) is 94.3 cm³/mol. The summed E-state index contributed by atoms with van der Waals surface area (Å²) in [6.07, 6.45) is 0. The lowest BCUT2D eigenvalue weighted by Gasteiger charge is -2.17. The molecule has 0 aromatic heterocycles. The first-order valence-corrected chi connectivity index (χ1v) is 7.51. The molecule has 0 spiro atoms. The maximum atomic E-state index is 12.4. The maximum absolute atomic E-state index is 12.4. The Balaban J connectivity index is 2.06. The van der Waals surface area contributed by atoms with Crippen LogP contribution in [0.15, 0.2) is 42.5 Å². The number of benzene rings is 2. The molecule has 1 amide bonds. The van der Waals surface area contributed by atoms with Crippen LogP contribution in [0.4, 0.5) is 11.4 Å². The molecule has 0 fully saturated rings. The summed E-state index contributed by atoms with van der Waals surface area (Å²) in [5.74, 6) is 1.67. The van der Waals surface area contributed by atoms with Crippen LogP contribution >= 0.6 is 0 Å². The van der Waals surface area contributed by atoms with Gasteiger partial charge in [0.1, 0.15) is 11.8 Å². The summed E-state index contributed by atoms with van der Waals surface area (Å²) >= 11 is 0. The highest BCUT2D eigenvalue weighted by atomic mass is 16.5. The molecule has 6 heteroatoms. The highest BCUT2D eigenvalue weighted by Crippen LogP contribution is 2.30. The van der Waals surface area contributed by atoms with Gasteiger partial charge in [-0.05, 0) is 31.2 Å². The molecule has 0 saturated heterocycles. The fraction of sp³-hybridized carbons (Fsp3) is 0.278. The van der Waals surface area contributed by atoms with Gasteiger partial charge in [0.25, 0.3) is 0 Å². The third-order valence-corrected chi connectivity index (χ3v) is 3.52. The molecule has 0 aliphatic carbocycles. The van der Waals surface area contributed by atoms with Crippen LogP contribution in [0, 0.1) is 0 Å². The van der Waals surface area contributed by atoms with E-state index < -0.39 is 6.04 Å². The van der Waals surface area contributed by atoms with Crippen LogP contribution in [0.1, 0.15) is 6.92 Å². The smallest absolute Gasteiger partial charge is 0.246 e. The van der Waals surface area contributed by atoms with Crippen molar-refractivity contribution in [2.45, 2.75) is 13.0 Å². The number of methoxy groups -OCH3 is 3. The van der Waals surface area contributed by atoms with Crippen molar-refractivity contribution in [3.63, 3.8) is 0 Å². The molecule has 2 rings (SSSR count).